The lowest BCUT2D eigenvalue weighted by molar-refractivity contribution is 0.215. The highest BCUT2D eigenvalue weighted by Gasteiger charge is 1.93. The van der Waals surface area contributed by atoms with Gasteiger partial charge >= 0.3 is 0 Å². The van der Waals surface area contributed by atoms with Crippen LogP contribution in [0.5, 0.6) is 0 Å². The second-order valence-electron chi connectivity index (χ2n) is 7.57. The van der Waals surface area contributed by atoms with Gasteiger partial charge in [0.05, 0.1) is 0 Å². The average molecular weight is 362 g/mol. The minimum Gasteiger partial charge on any atom is -0.394 e. The molecule has 25 heavy (non-hydrogen) atoms. The molecule has 0 bridgehead atoms. The summed E-state index contributed by atoms with van der Waals surface area (Å²) in [5.74, 6) is 0. The zero-order chi connectivity index (χ0) is 19.8. The molecule has 156 valence electrons. The summed E-state index contributed by atoms with van der Waals surface area (Å²) in [5, 5.41) is 16.1. The zero-order valence-corrected chi connectivity index (χ0v) is 18.2. The van der Waals surface area contributed by atoms with Crippen LogP contribution in [0.25, 0.3) is 0 Å². The number of rotatable bonds is 14. The molecular weight excluding hydrogens is 310 g/mol. The number of aliphatic hydroxyl groups excluding tert-OH is 2. The molecule has 4 N–H and O–H groups in total. The Morgan fingerprint density at radius 3 is 0.920 bits per heavy atom. The van der Waals surface area contributed by atoms with E-state index in [0.29, 0.717) is 0 Å². The van der Waals surface area contributed by atoms with Gasteiger partial charge in [0.1, 0.15) is 0 Å². The molecule has 0 spiro atoms. The van der Waals surface area contributed by atoms with Gasteiger partial charge in [0.15, 0.2) is 0 Å². The lowest BCUT2D eigenvalue weighted by Crippen LogP contribution is -1.97. The van der Waals surface area contributed by atoms with Gasteiger partial charge in [-0.05, 0) is 40.7 Å². The van der Waals surface area contributed by atoms with Crippen LogP contribution in [0.4, 0.5) is 0 Å². The van der Waals surface area contributed by atoms with Crippen LogP contribution in [0, 0.1) is 0 Å². The Labute approximate surface area is 159 Å². The summed E-state index contributed by atoms with van der Waals surface area (Å²) in [6.45, 7) is 10.0. The zero-order valence-electron chi connectivity index (χ0n) is 18.2. The maximum atomic E-state index is 8.06. The van der Waals surface area contributed by atoms with E-state index in [0.717, 1.165) is 6.54 Å². The van der Waals surface area contributed by atoms with E-state index in [9.17, 15) is 0 Å². The van der Waals surface area contributed by atoms with E-state index in [4.69, 9.17) is 15.9 Å². The Kier molecular flexibility index (Phi) is 34.0. The minimum absolute atomic E-state index is 0.167. The molecule has 0 aliphatic heterocycles. The molecule has 0 aliphatic rings. The van der Waals surface area contributed by atoms with E-state index in [1.165, 1.54) is 89.9 Å². The third-order valence-corrected chi connectivity index (χ3v) is 3.56. The normalized spacial score (nSPS) is 10.3. The van der Waals surface area contributed by atoms with Gasteiger partial charge in [0.25, 0.3) is 0 Å². The molecule has 3 heteroatoms. The van der Waals surface area contributed by atoms with Crippen LogP contribution in [0.3, 0.4) is 0 Å². The Hall–Kier alpha value is -0.120. The summed E-state index contributed by atoms with van der Waals surface area (Å²) in [7, 11) is 0. The predicted molar refractivity (Wildman–Crippen MR) is 114 cm³/mol. The number of aliphatic hydroxyl groups is 2. The highest BCUT2D eigenvalue weighted by atomic mass is 16.3. The summed E-state index contributed by atoms with van der Waals surface area (Å²) in [6.07, 6.45) is 19.5. The van der Waals surface area contributed by atoms with Crippen LogP contribution in [-0.4, -0.2) is 29.0 Å². The predicted octanol–water partition coefficient (Wildman–Crippen LogP) is 6.20. The Morgan fingerprint density at radius 1 is 0.520 bits per heavy atom. The maximum Gasteiger partial charge on any atom is 0.0483 e. The van der Waals surface area contributed by atoms with E-state index in [1.54, 1.807) is 27.7 Å². The van der Waals surface area contributed by atoms with Crippen LogP contribution in [0.15, 0.2) is 0 Å². The van der Waals surface area contributed by atoms with Gasteiger partial charge in [-0.25, -0.2) is 0 Å². The van der Waals surface area contributed by atoms with E-state index in [1.807, 2.05) is 0 Å². The SMILES string of the molecule is CC(C)O.CC(C)O.CCCCCCCCCCCCCCCCN. The summed E-state index contributed by atoms with van der Waals surface area (Å²) in [6, 6.07) is 0. The van der Waals surface area contributed by atoms with Crippen molar-refractivity contribution in [2.75, 3.05) is 6.54 Å². The fourth-order valence-electron chi connectivity index (χ4n) is 2.34. The molecule has 0 radical (unpaired) electrons. The average Bonchev–Trinajstić information content (AvgIpc) is 2.51. The summed E-state index contributed by atoms with van der Waals surface area (Å²) in [4.78, 5) is 0. The van der Waals surface area contributed by atoms with Crippen LogP contribution in [0.1, 0.15) is 125 Å². The molecule has 0 aliphatic carbocycles. The molecule has 0 aromatic carbocycles. The number of hydrogen-bond donors (Lipinski definition) is 3. The highest BCUT2D eigenvalue weighted by Crippen LogP contribution is 2.12. The third-order valence-electron chi connectivity index (χ3n) is 3.56. The van der Waals surface area contributed by atoms with Gasteiger partial charge in [-0.1, -0.05) is 90.4 Å². The lowest BCUT2D eigenvalue weighted by Gasteiger charge is -2.02. The fraction of sp³-hybridized carbons (Fsp3) is 1.00. The first kappa shape index (κ1) is 29.6. The maximum absolute atomic E-state index is 8.06. The van der Waals surface area contributed by atoms with Crippen molar-refractivity contribution >= 4 is 0 Å². The molecule has 0 aromatic rings. The first-order valence-electron chi connectivity index (χ1n) is 10.9. The molecule has 0 heterocycles. The summed E-state index contributed by atoms with van der Waals surface area (Å²) in [5.41, 5.74) is 5.47. The Morgan fingerprint density at radius 2 is 0.720 bits per heavy atom. The third kappa shape index (κ3) is 59.3. The molecule has 0 saturated heterocycles. The van der Waals surface area contributed by atoms with Crippen molar-refractivity contribution in [2.45, 2.75) is 137 Å². The molecule has 0 saturated carbocycles. The fourth-order valence-corrected chi connectivity index (χ4v) is 2.34. The van der Waals surface area contributed by atoms with E-state index >= 15 is 0 Å². The van der Waals surface area contributed by atoms with Crippen molar-refractivity contribution < 1.29 is 10.2 Å². The van der Waals surface area contributed by atoms with E-state index < -0.39 is 0 Å². The molecule has 3 nitrogen and oxygen atoms in total. The molecule has 0 atom stereocenters. The van der Waals surface area contributed by atoms with Crippen molar-refractivity contribution in [3.63, 3.8) is 0 Å². The van der Waals surface area contributed by atoms with Crippen molar-refractivity contribution in [1.82, 2.24) is 0 Å². The summed E-state index contributed by atoms with van der Waals surface area (Å²) < 4.78 is 0. The van der Waals surface area contributed by atoms with Crippen LogP contribution in [0.2, 0.25) is 0 Å². The number of nitrogens with two attached hydrogens (primary N) is 1. The highest BCUT2D eigenvalue weighted by molar-refractivity contribution is 4.49. The Balaban J connectivity index is -0.000000503. The largest absolute Gasteiger partial charge is 0.394 e. The second-order valence-corrected chi connectivity index (χ2v) is 7.57. The smallest absolute Gasteiger partial charge is 0.0483 e. The van der Waals surface area contributed by atoms with Gasteiger partial charge in [0, 0.05) is 12.2 Å². The van der Waals surface area contributed by atoms with Crippen LogP contribution in [-0.2, 0) is 0 Å². The molecule has 0 rings (SSSR count). The Bertz CT molecular complexity index is 171. The first-order chi connectivity index (χ1) is 11.9. The monoisotopic (exact) mass is 361 g/mol. The van der Waals surface area contributed by atoms with Crippen molar-refractivity contribution in [3.05, 3.63) is 0 Å². The number of unbranched alkanes of at least 4 members (excludes halogenated alkanes) is 13. The van der Waals surface area contributed by atoms with Gasteiger partial charge in [-0.15, -0.1) is 0 Å². The van der Waals surface area contributed by atoms with Crippen molar-refractivity contribution in [1.29, 1.82) is 0 Å². The summed E-state index contributed by atoms with van der Waals surface area (Å²) >= 11 is 0. The molecular formula is C22H51NO2. The van der Waals surface area contributed by atoms with Gasteiger partial charge in [0.2, 0.25) is 0 Å². The molecule has 0 unspecified atom stereocenters. The van der Waals surface area contributed by atoms with Gasteiger partial charge in [-0.3, -0.25) is 0 Å². The second kappa shape index (κ2) is 28.7. The van der Waals surface area contributed by atoms with Crippen molar-refractivity contribution in [2.24, 2.45) is 5.73 Å². The van der Waals surface area contributed by atoms with Crippen LogP contribution >= 0.6 is 0 Å². The lowest BCUT2D eigenvalue weighted by atomic mass is 10.0. The van der Waals surface area contributed by atoms with E-state index in [-0.39, 0.29) is 12.2 Å². The quantitative estimate of drug-likeness (QED) is 0.323. The van der Waals surface area contributed by atoms with Gasteiger partial charge < -0.3 is 15.9 Å². The molecule has 0 aromatic heterocycles. The van der Waals surface area contributed by atoms with Crippen molar-refractivity contribution in [3.8, 4) is 0 Å². The van der Waals surface area contributed by atoms with Gasteiger partial charge in [-0.2, -0.15) is 0 Å². The van der Waals surface area contributed by atoms with E-state index in [2.05, 4.69) is 6.92 Å². The first-order valence-corrected chi connectivity index (χ1v) is 10.9. The standard InChI is InChI=1S/C16H35N.2C3H8O/c1-2-3-4-5-6-7-8-9-10-11-12-13-14-15-16-17;2*1-3(2)4/h2-17H2,1H3;2*3-4H,1-2H3. The molecule has 0 amide bonds. The number of hydrogen-bond acceptors (Lipinski definition) is 3. The topological polar surface area (TPSA) is 66.5 Å². The minimum atomic E-state index is -0.167. The van der Waals surface area contributed by atoms with Crippen LogP contribution < -0.4 is 5.73 Å². The molecule has 0 fully saturated rings.